The maximum Gasteiger partial charge on any atom is 0.226 e. The molecule has 2 aliphatic heterocycles. The quantitative estimate of drug-likeness (QED) is 0.780. The molecule has 3 aliphatic rings. The summed E-state index contributed by atoms with van der Waals surface area (Å²) in [6, 6.07) is 3.37. The van der Waals surface area contributed by atoms with Crippen LogP contribution in [0.4, 0.5) is 10.1 Å². The van der Waals surface area contributed by atoms with Crippen LogP contribution in [0.1, 0.15) is 50.2 Å². The van der Waals surface area contributed by atoms with Crippen molar-refractivity contribution in [3.05, 3.63) is 29.1 Å². The van der Waals surface area contributed by atoms with Gasteiger partial charge in [-0.05, 0) is 56.4 Å². The standard InChI is InChI=1S/C24H35FN4O2/c1-16-13-27(9-10-29(16)24(31)18-5-3-4-6-18)14-20-11-21(25)12-22(17(20)2)28-8-7-19(15-28)23(26)30/h11-12,16,18-19H,3-10,13-15H2,1-2H3,(H2,26,30)/t16-,19?/m0/s1. The van der Waals surface area contributed by atoms with Crippen LogP contribution in [0, 0.1) is 24.6 Å². The summed E-state index contributed by atoms with van der Waals surface area (Å²) in [5.74, 6) is -0.159. The van der Waals surface area contributed by atoms with Crippen molar-refractivity contribution in [2.24, 2.45) is 17.6 Å². The summed E-state index contributed by atoms with van der Waals surface area (Å²) in [5, 5.41) is 0. The number of primary amides is 1. The van der Waals surface area contributed by atoms with Gasteiger partial charge in [-0.15, -0.1) is 0 Å². The summed E-state index contributed by atoms with van der Waals surface area (Å²) in [6.07, 6.45) is 5.12. The second kappa shape index (κ2) is 9.15. The molecule has 0 bridgehead atoms. The number of carbonyl (C=O) groups is 2. The largest absolute Gasteiger partial charge is 0.370 e. The van der Waals surface area contributed by atoms with E-state index in [9.17, 15) is 14.0 Å². The van der Waals surface area contributed by atoms with Crippen LogP contribution in [-0.2, 0) is 16.1 Å². The Bertz CT molecular complexity index is 839. The molecular weight excluding hydrogens is 395 g/mol. The number of carbonyl (C=O) groups excluding carboxylic acids is 2. The van der Waals surface area contributed by atoms with E-state index < -0.39 is 0 Å². The molecule has 1 unspecified atom stereocenters. The second-order valence-corrected chi connectivity index (χ2v) is 9.64. The Morgan fingerprint density at radius 1 is 1.06 bits per heavy atom. The lowest BCUT2D eigenvalue weighted by Gasteiger charge is -2.41. The molecule has 6 nitrogen and oxygen atoms in total. The van der Waals surface area contributed by atoms with Crippen molar-refractivity contribution >= 4 is 17.5 Å². The van der Waals surface area contributed by atoms with Gasteiger partial charge in [0, 0.05) is 56.9 Å². The van der Waals surface area contributed by atoms with E-state index in [1.807, 2.05) is 6.92 Å². The minimum Gasteiger partial charge on any atom is -0.370 e. The van der Waals surface area contributed by atoms with Crippen molar-refractivity contribution in [2.75, 3.05) is 37.6 Å². The molecule has 2 heterocycles. The predicted molar refractivity (Wildman–Crippen MR) is 119 cm³/mol. The van der Waals surface area contributed by atoms with Crippen LogP contribution in [0.25, 0.3) is 0 Å². The van der Waals surface area contributed by atoms with Gasteiger partial charge in [-0.2, -0.15) is 0 Å². The van der Waals surface area contributed by atoms with Gasteiger partial charge in [0.05, 0.1) is 5.92 Å². The maximum atomic E-state index is 14.5. The summed E-state index contributed by atoms with van der Waals surface area (Å²) in [4.78, 5) is 30.9. The van der Waals surface area contributed by atoms with Gasteiger partial charge in [-0.25, -0.2) is 4.39 Å². The third-order valence-electron chi connectivity index (χ3n) is 7.48. The number of hydrogen-bond donors (Lipinski definition) is 1. The zero-order chi connectivity index (χ0) is 22.1. The summed E-state index contributed by atoms with van der Waals surface area (Å²) < 4.78 is 14.5. The fourth-order valence-corrected chi connectivity index (χ4v) is 5.58. The third-order valence-corrected chi connectivity index (χ3v) is 7.48. The molecule has 0 spiro atoms. The Balaban J connectivity index is 1.42. The molecule has 0 radical (unpaired) electrons. The topological polar surface area (TPSA) is 69.9 Å². The summed E-state index contributed by atoms with van der Waals surface area (Å²) in [7, 11) is 0. The van der Waals surface area contributed by atoms with E-state index in [4.69, 9.17) is 5.73 Å². The van der Waals surface area contributed by atoms with Crippen LogP contribution in [-0.4, -0.2) is 60.4 Å². The molecule has 0 aromatic heterocycles. The lowest BCUT2D eigenvalue weighted by Crippen LogP contribution is -2.54. The van der Waals surface area contributed by atoms with Gasteiger partial charge >= 0.3 is 0 Å². The number of hydrogen-bond acceptors (Lipinski definition) is 4. The average molecular weight is 431 g/mol. The van der Waals surface area contributed by atoms with Crippen molar-refractivity contribution in [3.8, 4) is 0 Å². The second-order valence-electron chi connectivity index (χ2n) is 9.64. The van der Waals surface area contributed by atoms with Crippen molar-refractivity contribution in [1.29, 1.82) is 0 Å². The van der Waals surface area contributed by atoms with Crippen molar-refractivity contribution in [3.63, 3.8) is 0 Å². The molecule has 1 aromatic carbocycles. The van der Waals surface area contributed by atoms with E-state index in [0.29, 0.717) is 19.0 Å². The number of nitrogens with two attached hydrogens (primary N) is 1. The number of rotatable bonds is 5. The van der Waals surface area contributed by atoms with E-state index in [0.717, 1.165) is 62.3 Å². The molecule has 31 heavy (non-hydrogen) atoms. The van der Waals surface area contributed by atoms with Gasteiger partial charge in [-0.3, -0.25) is 14.5 Å². The maximum absolute atomic E-state index is 14.5. The summed E-state index contributed by atoms with van der Waals surface area (Å²) in [6.45, 7) is 8.44. The SMILES string of the molecule is Cc1c(CN2CCN(C(=O)C3CCCC3)[C@@H](C)C2)cc(F)cc1N1CCC(C(N)=O)C1. The smallest absolute Gasteiger partial charge is 0.226 e. The van der Waals surface area contributed by atoms with E-state index in [2.05, 4.69) is 21.6 Å². The highest BCUT2D eigenvalue weighted by Crippen LogP contribution is 2.31. The van der Waals surface area contributed by atoms with Crippen LogP contribution in [0.3, 0.4) is 0 Å². The average Bonchev–Trinajstić information content (AvgIpc) is 3.42. The zero-order valence-corrected chi connectivity index (χ0v) is 18.8. The van der Waals surface area contributed by atoms with Gasteiger partial charge in [0.2, 0.25) is 11.8 Å². The molecule has 3 fully saturated rings. The van der Waals surface area contributed by atoms with Crippen LogP contribution >= 0.6 is 0 Å². The van der Waals surface area contributed by atoms with Crippen molar-refractivity contribution in [1.82, 2.24) is 9.80 Å². The lowest BCUT2D eigenvalue weighted by molar-refractivity contribution is -0.140. The van der Waals surface area contributed by atoms with Crippen LogP contribution in [0.15, 0.2) is 12.1 Å². The fraction of sp³-hybridized carbons (Fsp3) is 0.667. The van der Waals surface area contributed by atoms with Gasteiger partial charge < -0.3 is 15.5 Å². The molecule has 1 aromatic rings. The molecular formula is C24H35FN4O2. The lowest BCUT2D eigenvalue weighted by atomic mass is 10.0. The first-order valence-corrected chi connectivity index (χ1v) is 11.7. The summed E-state index contributed by atoms with van der Waals surface area (Å²) >= 11 is 0. The minimum atomic E-state index is -0.282. The Hall–Kier alpha value is -2.15. The molecule has 4 rings (SSSR count). The van der Waals surface area contributed by atoms with Crippen LogP contribution in [0.5, 0.6) is 0 Å². The summed E-state index contributed by atoms with van der Waals surface area (Å²) in [5.41, 5.74) is 8.36. The van der Waals surface area contributed by atoms with E-state index in [1.54, 1.807) is 12.1 Å². The van der Waals surface area contributed by atoms with E-state index >= 15 is 0 Å². The zero-order valence-electron chi connectivity index (χ0n) is 18.8. The van der Waals surface area contributed by atoms with Gasteiger partial charge in [-0.1, -0.05) is 12.8 Å². The van der Waals surface area contributed by atoms with Gasteiger partial charge in [0.15, 0.2) is 0 Å². The van der Waals surface area contributed by atoms with Gasteiger partial charge in [0.1, 0.15) is 5.82 Å². The first kappa shape index (κ1) is 22.1. The molecule has 1 aliphatic carbocycles. The van der Waals surface area contributed by atoms with E-state index in [1.165, 1.54) is 12.8 Å². The highest BCUT2D eigenvalue weighted by Gasteiger charge is 2.33. The van der Waals surface area contributed by atoms with Crippen molar-refractivity contribution < 1.29 is 14.0 Å². The predicted octanol–water partition coefficient (Wildman–Crippen LogP) is 2.67. The molecule has 1 saturated carbocycles. The molecule has 170 valence electrons. The molecule has 2 saturated heterocycles. The Kier molecular flexibility index (Phi) is 6.51. The van der Waals surface area contributed by atoms with Crippen molar-refractivity contribution in [2.45, 2.75) is 58.5 Å². The first-order valence-electron chi connectivity index (χ1n) is 11.7. The minimum absolute atomic E-state index is 0.169. The molecule has 2 amide bonds. The Labute approximate surface area is 184 Å². The first-order chi connectivity index (χ1) is 14.8. The van der Waals surface area contributed by atoms with Crippen LogP contribution in [0.2, 0.25) is 0 Å². The number of anilines is 1. The monoisotopic (exact) mass is 430 g/mol. The Morgan fingerprint density at radius 2 is 1.81 bits per heavy atom. The van der Waals surface area contributed by atoms with Gasteiger partial charge in [0.25, 0.3) is 0 Å². The third kappa shape index (κ3) is 4.71. The number of nitrogens with zero attached hydrogens (tertiary/aromatic N) is 3. The highest BCUT2D eigenvalue weighted by molar-refractivity contribution is 5.79. The van der Waals surface area contributed by atoms with E-state index in [-0.39, 0.29) is 29.6 Å². The number of halogens is 1. The van der Waals surface area contributed by atoms with Crippen LogP contribution < -0.4 is 10.6 Å². The molecule has 7 heteroatoms. The highest BCUT2D eigenvalue weighted by atomic mass is 19.1. The number of benzene rings is 1. The molecule has 2 N–H and O–H groups in total. The molecule has 2 atom stereocenters. The number of amides is 2. The normalized spacial score (nSPS) is 25.4. The fourth-order valence-electron chi connectivity index (χ4n) is 5.58. The number of piperazine rings is 1. The Morgan fingerprint density at radius 3 is 2.45 bits per heavy atom.